The summed E-state index contributed by atoms with van der Waals surface area (Å²) in [7, 11) is -2.41. The lowest BCUT2D eigenvalue weighted by Crippen LogP contribution is -2.44. The van der Waals surface area contributed by atoms with Crippen molar-refractivity contribution < 1.29 is 22.7 Å². The summed E-state index contributed by atoms with van der Waals surface area (Å²) in [6, 6.07) is 14.3. The van der Waals surface area contributed by atoms with Crippen LogP contribution < -0.4 is 4.31 Å². The molecule has 3 rings (SSSR count). The summed E-state index contributed by atoms with van der Waals surface area (Å²) in [5, 5.41) is 0. The van der Waals surface area contributed by atoms with Crippen molar-refractivity contribution in [2.45, 2.75) is 25.2 Å². The number of para-hydroxylation sites is 1. The van der Waals surface area contributed by atoms with Gasteiger partial charge in [-0.3, -0.25) is 9.10 Å². The number of esters is 1. The van der Waals surface area contributed by atoms with Gasteiger partial charge in [-0.2, -0.15) is 0 Å². The van der Waals surface area contributed by atoms with Crippen LogP contribution in [0.3, 0.4) is 0 Å². The first-order valence-electron chi connectivity index (χ1n) is 10.3. The van der Waals surface area contributed by atoms with E-state index in [4.69, 9.17) is 4.74 Å². The van der Waals surface area contributed by atoms with Crippen molar-refractivity contribution in [1.82, 2.24) is 4.90 Å². The number of hydrogen-bond donors (Lipinski definition) is 0. The molecule has 1 aliphatic rings. The molecule has 2 atom stereocenters. The van der Waals surface area contributed by atoms with Gasteiger partial charge in [-0.05, 0) is 48.6 Å². The Kier molecular flexibility index (Phi) is 7.00. The van der Waals surface area contributed by atoms with Crippen LogP contribution in [0.5, 0.6) is 0 Å². The maximum atomic E-state index is 13.0. The molecular formula is C23H28N2O5S. The highest BCUT2D eigenvalue weighted by Gasteiger charge is 2.27. The van der Waals surface area contributed by atoms with Crippen molar-refractivity contribution in [1.29, 1.82) is 0 Å². The Balaban J connectivity index is 1.68. The third kappa shape index (κ3) is 5.44. The normalized spacial score (nSPS) is 19.0. The SMILES string of the molecule is C[C@H]1C[C@H](C)CN(C(=O)COC(=O)c2cccc(S(=O)(=O)N(C)c3ccccc3)c2)C1. The number of anilines is 1. The lowest BCUT2D eigenvalue weighted by Gasteiger charge is -2.34. The van der Waals surface area contributed by atoms with Gasteiger partial charge >= 0.3 is 5.97 Å². The molecule has 1 aliphatic heterocycles. The van der Waals surface area contributed by atoms with E-state index in [9.17, 15) is 18.0 Å². The van der Waals surface area contributed by atoms with Crippen LogP contribution >= 0.6 is 0 Å². The molecular weight excluding hydrogens is 416 g/mol. The number of hydrogen-bond acceptors (Lipinski definition) is 5. The molecule has 166 valence electrons. The summed E-state index contributed by atoms with van der Waals surface area (Å²) in [5.41, 5.74) is 0.585. The zero-order chi connectivity index (χ0) is 22.6. The summed E-state index contributed by atoms with van der Waals surface area (Å²) in [6.45, 7) is 5.14. The molecule has 2 aromatic carbocycles. The standard InChI is InChI=1S/C23H28N2O5S/c1-17-12-18(2)15-25(14-17)22(26)16-30-23(27)19-8-7-11-21(13-19)31(28,29)24(3)20-9-5-4-6-10-20/h4-11,13,17-18H,12,14-16H2,1-3H3/t17-,18-/m0/s1. The van der Waals surface area contributed by atoms with Crippen LogP contribution in [0.25, 0.3) is 0 Å². The lowest BCUT2D eigenvalue weighted by atomic mass is 9.92. The van der Waals surface area contributed by atoms with Gasteiger partial charge in [-0.25, -0.2) is 13.2 Å². The van der Waals surface area contributed by atoms with E-state index in [0.717, 1.165) is 10.7 Å². The second kappa shape index (κ2) is 9.51. The summed E-state index contributed by atoms with van der Waals surface area (Å²) in [4.78, 5) is 26.6. The van der Waals surface area contributed by atoms with Gasteiger partial charge in [0, 0.05) is 20.1 Å². The third-order valence-electron chi connectivity index (χ3n) is 5.40. The fourth-order valence-corrected chi connectivity index (χ4v) is 5.13. The molecule has 0 aliphatic carbocycles. The number of carbonyl (C=O) groups excluding carboxylic acids is 2. The minimum Gasteiger partial charge on any atom is -0.452 e. The highest BCUT2D eigenvalue weighted by Crippen LogP contribution is 2.23. The minimum absolute atomic E-state index is 0.0293. The van der Waals surface area contributed by atoms with Crippen molar-refractivity contribution in [3.05, 3.63) is 60.2 Å². The van der Waals surface area contributed by atoms with Crippen molar-refractivity contribution in [3.63, 3.8) is 0 Å². The first-order valence-corrected chi connectivity index (χ1v) is 11.7. The Morgan fingerprint density at radius 1 is 1.03 bits per heavy atom. The molecule has 1 fully saturated rings. The fourth-order valence-electron chi connectivity index (χ4n) is 3.89. The number of benzene rings is 2. The van der Waals surface area contributed by atoms with Crippen molar-refractivity contribution in [2.24, 2.45) is 11.8 Å². The molecule has 2 aromatic rings. The van der Waals surface area contributed by atoms with Crippen LogP contribution in [0.4, 0.5) is 5.69 Å². The molecule has 0 bridgehead atoms. The molecule has 1 heterocycles. The molecule has 0 spiro atoms. The van der Waals surface area contributed by atoms with E-state index in [2.05, 4.69) is 13.8 Å². The van der Waals surface area contributed by atoms with Crippen LogP contribution in [0.2, 0.25) is 0 Å². The topological polar surface area (TPSA) is 84.0 Å². The van der Waals surface area contributed by atoms with Gasteiger partial charge < -0.3 is 9.64 Å². The Morgan fingerprint density at radius 3 is 2.32 bits per heavy atom. The molecule has 7 nitrogen and oxygen atoms in total. The van der Waals surface area contributed by atoms with Crippen molar-refractivity contribution in [2.75, 3.05) is 31.0 Å². The van der Waals surface area contributed by atoms with E-state index in [1.165, 1.54) is 31.3 Å². The van der Waals surface area contributed by atoms with Gasteiger partial charge in [0.2, 0.25) is 0 Å². The van der Waals surface area contributed by atoms with E-state index >= 15 is 0 Å². The predicted molar refractivity (Wildman–Crippen MR) is 118 cm³/mol. The Morgan fingerprint density at radius 2 is 1.68 bits per heavy atom. The van der Waals surface area contributed by atoms with Gasteiger partial charge in [0.1, 0.15) is 0 Å². The van der Waals surface area contributed by atoms with Crippen molar-refractivity contribution >= 4 is 27.6 Å². The Bertz CT molecular complexity index is 1030. The molecule has 0 aromatic heterocycles. The quantitative estimate of drug-likeness (QED) is 0.639. The van der Waals surface area contributed by atoms with Crippen LogP contribution in [-0.2, 0) is 19.6 Å². The number of ether oxygens (including phenoxy) is 1. The number of likely N-dealkylation sites (tertiary alicyclic amines) is 1. The smallest absolute Gasteiger partial charge is 0.338 e. The third-order valence-corrected chi connectivity index (χ3v) is 7.18. The largest absolute Gasteiger partial charge is 0.452 e. The number of nitrogens with zero attached hydrogens (tertiary/aromatic N) is 2. The number of sulfonamides is 1. The zero-order valence-corrected chi connectivity index (χ0v) is 18.8. The molecule has 1 saturated heterocycles. The van der Waals surface area contributed by atoms with Gasteiger partial charge in [-0.1, -0.05) is 38.1 Å². The van der Waals surface area contributed by atoms with E-state index in [1.54, 1.807) is 35.2 Å². The number of piperidine rings is 1. The molecule has 0 unspecified atom stereocenters. The van der Waals surface area contributed by atoms with E-state index in [-0.39, 0.29) is 23.0 Å². The predicted octanol–water partition coefficient (Wildman–Crippen LogP) is 3.17. The number of rotatable bonds is 6. The molecule has 0 saturated carbocycles. The number of carbonyl (C=O) groups is 2. The van der Waals surface area contributed by atoms with Crippen LogP contribution in [0, 0.1) is 11.8 Å². The summed E-state index contributed by atoms with van der Waals surface area (Å²) < 4.78 is 32.2. The lowest BCUT2D eigenvalue weighted by molar-refractivity contribution is -0.137. The average molecular weight is 445 g/mol. The highest BCUT2D eigenvalue weighted by atomic mass is 32.2. The van der Waals surface area contributed by atoms with Gasteiger partial charge in [0.15, 0.2) is 6.61 Å². The van der Waals surface area contributed by atoms with E-state index in [1.807, 2.05) is 0 Å². The van der Waals surface area contributed by atoms with Gasteiger partial charge in [0.05, 0.1) is 16.1 Å². The first-order chi connectivity index (χ1) is 14.7. The summed E-state index contributed by atoms with van der Waals surface area (Å²) in [6.07, 6.45) is 1.07. The Hall–Kier alpha value is -2.87. The molecule has 0 radical (unpaired) electrons. The van der Waals surface area contributed by atoms with Crippen LogP contribution in [0.15, 0.2) is 59.5 Å². The van der Waals surface area contributed by atoms with E-state index in [0.29, 0.717) is 30.6 Å². The minimum atomic E-state index is -3.86. The Labute approximate surface area is 183 Å². The fraction of sp³-hybridized carbons (Fsp3) is 0.391. The first kappa shape index (κ1) is 22.8. The molecule has 1 amide bonds. The average Bonchev–Trinajstić information content (AvgIpc) is 2.76. The monoisotopic (exact) mass is 444 g/mol. The second-order valence-electron chi connectivity index (χ2n) is 8.16. The highest BCUT2D eigenvalue weighted by molar-refractivity contribution is 7.92. The van der Waals surface area contributed by atoms with E-state index < -0.39 is 16.0 Å². The summed E-state index contributed by atoms with van der Waals surface area (Å²) >= 11 is 0. The molecule has 8 heteroatoms. The number of amides is 1. The van der Waals surface area contributed by atoms with Crippen LogP contribution in [-0.4, -0.2) is 51.9 Å². The molecule has 31 heavy (non-hydrogen) atoms. The molecule has 0 N–H and O–H groups in total. The maximum Gasteiger partial charge on any atom is 0.338 e. The van der Waals surface area contributed by atoms with Crippen molar-refractivity contribution in [3.8, 4) is 0 Å². The zero-order valence-electron chi connectivity index (χ0n) is 18.0. The summed E-state index contributed by atoms with van der Waals surface area (Å²) in [5.74, 6) is -0.149. The second-order valence-corrected chi connectivity index (χ2v) is 10.1. The maximum absolute atomic E-state index is 13.0. The van der Waals surface area contributed by atoms with Gasteiger partial charge in [0.25, 0.3) is 15.9 Å². The van der Waals surface area contributed by atoms with Crippen LogP contribution in [0.1, 0.15) is 30.6 Å². The van der Waals surface area contributed by atoms with Gasteiger partial charge in [-0.15, -0.1) is 0 Å².